The van der Waals surface area contributed by atoms with E-state index in [2.05, 4.69) is 30.9 Å². The first-order chi connectivity index (χ1) is 9.60. The van der Waals surface area contributed by atoms with Crippen molar-refractivity contribution in [2.45, 2.75) is 0 Å². The zero-order valence-electron chi connectivity index (χ0n) is 10.6. The van der Waals surface area contributed by atoms with Crippen LogP contribution in [0.15, 0.2) is 57.2 Å². The number of nitrogens with zero attached hydrogens (tertiary/aromatic N) is 2. The summed E-state index contributed by atoms with van der Waals surface area (Å²) in [6.45, 7) is 0. The van der Waals surface area contributed by atoms with Crippen LogP contribution >= 0.6 is 15.9 Å². The van der Waals surface area contributed by atoms with E-state index < -0.39 is 5.97 Å². The van der Waals surface area contributed by atoms with Gasteiger partial charge in [-0.05, 0) is 42.5 Å². The van der Waals surface area contributed by atoms with Crippen LogP contribution in [0, 0.1) is 0 Å². The number of carbonyl (C=O) groups excluding carboxylic acids is 1. The smallest absolute Gasteiger partial charge is 0.340 e. The first-order valence-electron chi connectivity index (χ1n) is 5.69. The molecule has 0 saturated carbocycles. The van der Waals surface area contributed by atoms with Gasteiger partial charge in [0, 0.05) is 4.47 Å². The Morgan fingerprint density at radius 1 is 1.15 bits per heavy atom. The number of esters is 1. The maximum atomic E-state index is 11.6. The number of phenols is 1. The molecule has 2 aromatic carbocycles. The summed E-state index contributed by atoms with van der Waals surface area (Å²) in [6.07, 6.45) is 0. The fraction of sp³-hybridized carbons (Fsp3) is 0.0714. The number of aromatic hydroxyl groups is 1. The van der Waals surface area contributed by atoms with E-state index in [0.29, 0.717) is 11.4 Å². The molecule has 0 unspecified atom stereocenters. The zero-order chi connectivity index (χ0) is 14.5. The highest BCUT2D eigenvalue weighted by atomic mass is 79.9. The molecule has 1 N–H and O–H groups in total. The fourth-order valence-corrected chi connectivity index (χ4v) is 1.77. The highest BCUT2D eigenvalue weighted by molar-refractivity contribution is 9.10. The third kappa shape index (κ3) is 3.42. The van der Waals surface area contributed by atoms with Crippen LogP contribution in [0.3, 0.4) is 0 Å². The first kappa shape index (κ1) is 14.2. The molecular weight excluding hydrogens is 324 g/mol. The monoisotopic (exact) mass is 334 g/mol. The van der Waals surface area contributed by atoms with Gasteiger partial charge in [-0.3, -0.25) is 0 Å². The van der Waals surface area contributed by atoms with E-state index in [9.17, 15) is 9.90 Å². The van der Waals surface area contributed by atoms with Crippen LogP contribution in [-0.4, -0.2) is 18.2 Å². The van der Waals surface area contributed by atoms with Crippen molar-refractivity contribution in [1.29, 1.82) is 0 Å². The van der Waals surface area contributed by atoms with Crippen LogP contribution in [0.1, 0.15) is 10.4 Å². The number of hydrogen-bond donors (Lipinski definition) is 1. The minimum absolute atomic E-state index is 0.0343. The van der Waals surface area contributed by atoms with E-state index in [4.69, 9.17) is 0 Å². The molecule has 0 aliphatic heterocycles. The lowest BCUT2D eigenvalue weighted by Gasteiger charge is -2.03. The molecule has 102 valence electrons. The fourth-order valence-electron chi connectivity index (χ4n) is 1.50. The third-order valence-electron chi connectivity index (χ3n) is 2.49. The summed E-state index contributed by atoms with van der Waals surface area (Å²) in [6, 6.07) is 11.5. The van der Waals surface area contributed by atoms with E-state index in [0.717, 1.165) is 4.47 Å². The van der Waals surface area contributed by atoms with Gasteiger partial charge in [-0.15, -0.1) is 5.11 Å². The van der Waals surface area contributed by atoms with E-state index in [1.807, 2.05) is 12.1 Å². The molecule has 5 nitrogen and oxygen atoms in total. The average Bonchev–Trinajstić information content (AvgIpc) is 2.46. The van der Waals surface area contributed by atoms with E-state index in [-0.39, 0.29) is 11.3 Å². The van der Waals surface area contributed by atoms with Crippen LogP contribution in [0.4, 0.5) is 11.4 Å². The minimum atomic E-state index is -0.578. The number of phenolic OH excluding ortho intramolecular Hbond substituents is 1. The van der Waals surface area contributed by atoms with Gasteiger partial charge in [0.05, 0.1) is 18.4 Å². The lowest BCUT2D eigenvalue weighted by molar-refractivity contribution is 0.0601. The number of azo groups is 1. The van der Waals surface area contributed by atoms with Gasteiger partial charge in [0.25, 0.3) is 0 Å². The van der Waals surface area contributed by atoms with Crippen LogP contribution in [0.5, 0.6) is 5.75 Å². The Bertz CT molecular complexity index is 654. The molecule has 0 saturated heterocycles. The SMILES string of the molecule is COC(=O)c1cc(O)ccc1N=Nc1ccc(Br)cc1. The Labute approximate surface area is 124 Å². The van der Waals surface area contributed by atoms with Gasteiger partial charge in [0.2, 0.25) is 0 Å². The summed E-state index contributed by atoms with van der Waals surface area (Å²) in [7, 11) is 1.27. The van der Waals surface area contributed by atoms with Gasteiger partial charge >= 0.3 is 5.97 Å². The third-order valence-corrected chi connectivity index (χ3v) is 3.01. The number of halogens is 1. The van der Waals surface area contributed by atoms with Crippen molar-refractivity contribution in [3.8, 4) is 5.75 Å². The summed E-state index contributed by atoms with van der Waals surface area (Å²) in [4.78, 5) is 11.6. The molecule has 0 aromatic heterocycles. The summed E-state index contributed by atoms with van der Waals surface area (Å²) < 4.78 is 5.58. The number of ether oxygens (including phenoxy) is 1. The predicted molar refractivity (Wildman–Crippen MR) is 77.8 cm³/mol. The van der Waals surface area contributed by atoms with Gasteiger partial charge in [-0.25, -0.2) is 4.79 Å². The topological polar surface area (TPSA) is 71.2 Å². The lowest BCUT2D eigenvalue weighted by atomic mass is 10.2. The second-order valence-electron chi connectivity index (χ2n) is 3.87. The number of rotatable bonds is 3. The van der Waals surface area contributed by atoms with Gasteiger partial charge in [-0.2, -0.15) is 5.11 Å². The van der Waals surface area contributed by atoms with Gasteiger partial charge in [0.15, 0.2) is 0 Å². The lowest BCUT2D eigenvalue weighted by Crippen LogP contribution is -2.01. The Morgan fingerprint density at radius 2 is 1.85 bits per heavy atom. The first-order valence-corrected chi connectivity index (χ1v) is 6.48. The molecular formula is C14H11BrN2O3. The number of benzene rings is 2. The largest absolute Gasteiger partial charge is 0.508 e. The molecule has 2 aromatic rings. The second kappa shape index (κ2) is 6.29. The number of methoxy groups -OCH3 is 1. The molecule has 0 heterocycles. The highest BCUT2D eigenvalue weighted by Crippen LogP contribution is 2.27. The van der Waals surface area contributed by atoms with Crippen molar-refractivity contribution in [1.82, 2.24) is 0 Å². The van der Waals surface area contributed by atoms with Crippen molar-refractivity contribution in [2.75, 3.05) is 7.11 Å². The molecule has 0 amide bonds. The molecule has 2 rings (SSSR count). The molecule has 0 fully saturated rings. The summed E-state index contributed by atoms with van der Waals surface area (Å²) in [5.74, 6) is -0.612. The normalized spacial score (nSPS) is 10.7. The summed E-state index contributed by atoms with van der Waals surface area (Å²) in [5, 5.41) is 17.5. The van der Waals surface area contributed by atoms with Crippen LogP contribution < -0.4 is 0 Å². The van der Waals surface area contributed by atoms with Crippen LogP contribution in [0.25, 0.3) is 0 Å². The molecule has 0 spiro atoms. The molecule has 0 bridgehead atoms. The van der Waals surface area contributed by atoms with Crippen molar-refractivity contribution in [2.24, 2.45) is 10.2 Å². The van der Waals surface area contributed by atoms with Crippen molar-refractivity contribution in [3.05, 3.63) is 52.5 Å². The van der Waals surface area contributed by atoms with Crippen molar-refractivity contribution >= 4 is 33.3 Å². The Morgan fingerprint density at radius 3 is 2.50 bits per heavy atom. The second-order valence-corrected chi connectivity index (χ2v) is 4.79. The Kier molecular flexibility index (Phi) is 4.47. The van der Waals surface area contributed by atoms with Crippen molar-refractivity contribution in [3.63, 3.8) is 0 Å². The maximum absolute atomic E-state index is 11.6. The number of hydrogen-bond acceptors (Lipinski definition) is 5. The standard InChI is InChI=1S/C14H11BrN2O3/c1-20-14(19)12-8-11(18)6-7-13(12)17-16-10-4-2-9(15)3-5-10/h2-8,18H,1H3. The number of carbonyl (C=O) groups is 1. The van der Waals surface area contributed by atoms with Crippen LogP contribution in [0.2, 0.25) is 0 Å². The van der Waals surface area contributed by atoms with Gasteiger partial charge in [0.1, 0.15) is 11.4 Å². The molecule has 6 heteroatoms. The van der Waals surface area contributed by atoms with Gasteiger partial charge in [-0.1, -0.05) is 15.9 Å². The minimum Gasteiger partial charge on any atom is -0.508 e. The molecule has 0 radical (unpaired) electrons. The summed E-state index contributed by atoms with van der Waals surface area (Å²) in [5.41, 5.74) is 1.14. The molecule has 0 aliphatic rings. The average molecular weight is 335 g/mol. The summed E-state index contributed by atoms with van der Waals surface area (Å²) >= 11 is 3.33. The van der Waals surface area contributed by atoms with Crippen LogP contribution in [-0.2, 0) is 4.74 Å². The maximum Gasteiger partial charge on any atom is 0.340 e. The quantitative estimate of drug-likeness (QED) is 0.669. The van der Waals surface area contributed by atoms with Crippen molar-refractivity contribution < 1.29 is 14.6 Å². The van der Waals surface area contributed by atoms with Gasteiger partial charge < -0.3 is 9.84 Å². The van der Waals surface area contributed by atoms with E-state index in [1.165, 1.54) is 25.3 Å². The predicted octanol–water partition coefficient (Wildman–Crippen LogP) is 4.36. The Balaban J connectivity index is 2.33. The molecule has 0 atom stereocenters. The zero-order valence-corrected chi connectivity index (χ0v) is 12.2. The molecule has 20 heavy (non-hydrogen) atoms. The Hall–Kier alpha value is -2.21. The molecule has 0 aliphatic carbocycles. The van der Waals surface area contributed by atoms with E-state index >= 15 is 0 Å². The highest BCUT2D eigenvalue weighted by Gasteiger charge is 2.12. The van der Waals surface area contributed by atoms with E-state index in [1.54, 1.807) is 12.1 Å².